The van der Waals surface area contributed by atoms with Crippen LogP contribution in [0.4, 0.5) is 0 Å². The molecule has 0 saturated carbocycles. The van der Waals surface area contributed by atoms with Gasteiger partial charge in [-0.05, 0) is 43.7 Å². The van der Waals surface area contributed by atoms with Gasteiger partial charge in [0.15, 0.2) is 11.5 Å². The Morgan fingerprint density at radius 1 is 0.966 bits per heavy atom. The van der Waals surface area contributed by atoms with Crippen LogP contribution in [0.2, 0.25) is 0 Å². The van der Waals surface area contributed by atoms with Crippen molar-refractivity contribution in [2.45, 2.75) is 13.8 Å². The van der Waals surface area contributed by atoms with Crippen molar-refractivity contribution in [3.05, 3.63) is 71.0 Å². The van der Waals surface area contributed by atoms with Crippen molar-refractivity contribution in [3.63, 3.8) is 0 Å². The quantitative estimate of drug-likeness (QED) is 0.667. The van der Waals surface area contributed by atoms with Gasteiger partial charge in [0.25, 0.3) is 11.8 Å². The molecule has 148 valence electrons. The van der Waals surface area contributed by atoms with Crippen molar-refractivity contribution in [1.29, 1.82) is 0 Å². The summed E-state index contributed by atoms with van der Waals surface area (Å²) in [6.07, 6.45) is 1.48. The fraction of sp³-hybridized carbons (Fsp3) is 0.190. The number of aromatic nitrogens is 2. The molecule has 4 rings (SSSR count). The number of hydrogen-bond acceptors (Lipinski definition) is 5. The van der Waals surface area contributed by atoms with E-state index in [9.17, 15) is 9.59 Å². The van der Waals surface area contributed by atoms with Crippen molar-refractivity contribution >= 4 is 11.8 Å². The molecule has 0 fully saturated rings. The number of nitrogens with one attached hydrogen (secondary N) is 2. The number of fused-ring (bicyclic) bond motifs is 1. The fourth-order valence-corrected chi connectivity index (χ4v) is 3.11. The summed E-state index contributed by atoms with van der Waals surface area (Å²) in [5.41, 5.74) is 8.18. The number of nitrogens with zero attached hydrogens (tertiary/aromatic N) is 2. The Morgan fingerprint density at radius 2 is 1.69 bits per heavy atom. The van der Waals surface area contributed by atoms with E-state index >= 15 is 0 Å². The van der Waals surface area contributed by atoms with Crippen molar-refractivity contribution in [2.75, 3.05) is 13.2 Å². The van der Waals surface area contributed by atoms with Crippen LogP contribution in [0.25, 0.3) is 5.69 Å². The average molecular weight is 392 g/mol. The lowest BCUT2D eigenvalue weighted by atomic mass is 10.2. The van der Waals surface area contributed by atoms with Gasteiger partial charge in [-0.25, -0.2) is 4.68 Å². The van der Waals surface area contributed by atoms with E-state index in [1.165, 1.54) is 6.20 Å². The first-order valence-corrected chi connectivity index (χ1v) is 9.15. The van der Waals surface area contributed by atoms with E-state index in [-0.39, 0.29) is 0 Å². The van der Waals surface area contributed by atoms with Crippen LogP contribution in [0.15, 0.2) is 48.7 Å². The number of carbonyl (C=O) groups excluding carboxylic acids is 2. The van der Waals surface area contributed by atoms with E-state index < -0.39 is 11.8 Å². The Hall–Kier alpha value is -3.81. The van der Waals surface area contributed by atoms with Crippen LogP contribution < -0.4 is 20.3 Å². The van der Waals surface area contributed by atoms with Gasteiger partial charge >= 0.3 is 0 Å². The predicted molar refractivity (Wildman–Crippen MR) is 105 cm³/mol. The lowest BCUT2D eigenvalue weighted by molar-refractivity contribution is 0.0845. The molecule has 3 aromatic rings. The maximum absolute atomic E-state index is 12.5. The average Bonchev–Trinajstić information content (AvgIpc) is 3.13. The zero-order chi connectivity index (χ0) is 20.4. The lowest BCUT2D eigenvalue weighted by Gasteiger charge is -2.18. The Kier molecular flexibility index (Phi) is 4.90. The molecule has 29 heavy (non-hydrogen) atoms. The second kappa shape index (κ2) is 7.67. The summed E-state index contributed by atoms with van der Waals surface area (Å²) >= 11 is 0. The van der Waals surface area contributed by atoms with Gasteiger partial charge in [-0.2, -0.15) is 5.10 Å². The highest BCUT2D eigenvalue weighted by molar-refractivity contribution is 5.99. The molecule has 1 aromatic heterocycles. The van der Waals surface area contributed by atoms with Crippen LogP contribution >= 0.6 is 0 Å². The molecular formula is C21H20N4O4. The highest BCUT2D eigenvalue weighted by atomic mass is 16.6. The number of amides is 2. The summed E-state index contributed by atoms with van der Waals surface area (Å²) in [5, 5.41) is 4.31. The lowest BCUT2D eigenvalue weighted by Crippen LogP contribution is -2.41. The van der Waals surface area contributed by atoms with E-state index in [4.69, 9.17) is 9.47 Å². The Labute approximate surface area is 167 Å². The van der Waals surface area contributed by atoms with Gasteiger partial charge < -0.3 is 9.47 Å². The van der Waals surface area contributed by atoms with Crippen LogP contribution in [-0.2, 0) is 0 Å². The third-order valence-corrected chi connectivity index (χ3v) is 4.69. The SMILES string of the molecule is Cc1ccccc1-n1ncc(C(=O)NNC(=O)c2ccc3c(c2)OCCO3)c1C. The summed E-state index contributed by atoms with van der Waals surface area (Å²) in [5.74, 6) is 0.189. The van der Waals surface area contributed by atoms with Crippen molar-refractivity contribution in [3.8, 4) is 17.2 Å². The van der Waals surface area contributed by atoms with E-state index in [0.717, 1.165) is 11.3 Å². The molecule has 2 heterocycles. The molecule has 0 spiro atoms. The predicted octanol–water partition coefficient (Wildman–Crippen LogP) is 2.34. The molecule has 1 aliphatic heterocycles. The second-order valence-corrected chi connectivity index (χ2v) is 6.61. The van der Waals surface area contributed by atoms with Gasteiger partial charge in [0.05, 0.1) is 23.1 Å². The highest BCUT2D eigenvalue weighted by Gasteiger charge is 2.18. The molecule has 8 nitrogen and oxygen atoms in total. The maximum Gasteiger partial charge on any atom is 0.273 e. The molecule has 2 N–H and O–H groups in total. The summed E-state index contributed by atoms with van der Waals surface area (Å²) < 4.78 is 12.6. The second-order valence-electron chi connectivity index (χ2n) is 6.61. The number of hydrogen-bond donors (Lipinski definition) is 2. The van der Waals surface area contributed by atoms with Crippen molar-refractivity contribution in [1.82, 2.24) is 20.6 Å². The number of aryl methyl sites for hydroxylation is 1. The van der Waals surface area contributed by atoms with Gasteiger partial charge in [-0.1, -0.05) is 18.2 Å². The molecule has 0 atom stereocenters. The number of benzene rings is 2. The first kappa shape index (κ1) is 18.5. The highest BCUT2D eigenvalue weighted by Crippen LogP contribution is 2.30. The molecular weight excluding hydrogens is 372 g/mol. The standard InChI is InChI=1S/C21H20N4O4/c1-13-5-3-4-6-17(13)25-14(2)16(12-22-25)21(27)24-23-20(26)15-7-8-18-19(11-15)29-10-9-28-18/h3-8,11-12H,9-10H2,1-2H3,(H,23,26)(H,24,27). The summed E-state index contributed by atoms with van der Waals surface area (Å²) in [7, 11) is 0. The van der Waals surface area contributed by atoms with E-state index in [1.54, 1.807) is 29.8 Å². The maximum atomic E-state index is 12.5. The normalized spacial score (nSPS) is 12.3. The minimum absolute atomic E-state index is 0.349. The summed E-state index contributed by atoms with van der Waals surface area (Å²) in [6, 6.07) is 12.6. The Bertz CT molecular complexity index is 1090. The third kappa shape index (κ3) is 3.64. The van der Waals surface area contributed by atoms with Crippen LogP contribution in [0.1, 0.15) is 32.0 Å². The zero-order valence-electron chi connectivity index (χ0n) is 16.1. The van der Waals surface area contributed by atoms with Gasteiger partial charge in [0, 0.05) is 5.56 Å². The third-order valence-electron chi connectivity index (χ3n) is 4.69. The van der Waals surface area contributed by atoms with Gasteiger partial charge in [-0.3, -0.25) is 20.4 Å². The minimum Gasteiger partial charge on any atom is -0.486 e. The first-order chi connectivity index (χ1) is 14.0. The minimum atomic E-state index is -0.459. The molecule has 0 bridgehead atoms. The van der Waals surface area contributed by atoms with Crippen molar-refractivity contribution in [2.24, 2.45) is 0 Å². The Morgan fingerprint density at radius 3 is 2.48 bits per heavy atom. The van der Waals surface area contributed by atoms with E-state index in [2.05, 4.69) is 16.0 Å². The van der Waals surface area contributed by atoms with Crippen LogP contribution in [0, 0.1) is 13.8 Å². The molecule has 2 amide bonds. The number of rotatable bonds is 3. The van der Waals surface area contributed by atoms with Crippen LogP contribution in [0.5, 0.6) is 11.5 Å². The molecule has 0 unspecified atom stereocenters. The topological polar surface area (TPSA) is 94.5 Å². The molecule has 1 aliphatic rings. The Balaban J connectivity index is 1.45. The van der Waals surface area contributed by atoms with E-state index in [1.807, 2.05) is 31.2 Å². The monoisotopic (exact) mass is 392 g/mol. The molecule has 0 aliphatic carbocycles. The number of ether oxygens (including phenoxy) is 2. The van der Waals surface area contributed by atoms with Gasteiger partial charge in [0.1, 0.15) is 13.2 Å². The number of para-hydroxylation sites is 1. The molecule has 0 radical (unpaired) electrons. The smallest absolute Gasteiger partial charge is 0.273 e. The van der Waals surface area contributed by atoms with Gasteiger partial charge in [0.2, 0.25) is 0 Å². The zero-order valence-corrected chi connectivity index (χ0v) is 16.1. The summed E-state index contributed by atoms with van der Waals surface area (Å²) in [4.78, 5) is 24.9. The fourth-order valence-electron chi connectivity index (χ4n) is 3.11. The van der Waals surface area contributed by atoms with Crippen molar-refractivity contribution < 1.29 is 19.1 Å². The number of hydrazine groups is 1. The molecule has 2 aromatic carbocycles. The largest absolute Gasteiger partial charge is 0.486 e. The number of carbonyl (C=O) groups is 2. The van der Waals surface area contributed by atoms with Gasteiger partial charge in [-0.15, -0.1) is 0 Å². The van der Waals surface area contributed by atoms with Crippen LogP contribution in [0.3, 0.4) is 0 Å². The van der Waals surface area contributed by atoms with Crippen LogP contribution in [-0.4, -0.2) is 34.8 Å². The first-order valence-electron chi connectivity index (χ1n) is 9.15. The molecule has 8 heteroatoms. The summed E-state index contributed by atoms with van der Waals surface area (Å²) in [6.45, 7) is 4.68. The molecule has 0 saturated heterocycles. The van der Waals surface area contributed by atoms with E-state index in [0.29, 0.717) is 41.5 Å².